The third kappa shape index (κ3) is 3.47. The quantitative estimate of drug-likeness (QED) is 0.670. The third-order valence-electron chi connectivity index (χ3n) is 4.41. The second-order valence-corrected chi connectivity index (χ2v) is 7.85. The Kier molecular flexibility index (Phi) is 4.55. The molecule has 2 aromatic carbocycles. The fourth-order valence-electron chi connectivity index (χ4n) is 2.86. The summed E-state index contributed by atoms with van der Waals surface area (Å²) < 4.78 is 1.14. The molecule has 124 valence electrons. The highest BCUT2D eigenvalue weighted by Gasteiger charge is 2.29. The largest absolute Gasteiger partial charge is 0.386 e. The lowest BCUT2D eigenvalue weighted by Crippen LogP contribution is -2.29. The zero-order chi connectivity index (χ0) is 16.5. The van der Waals surface area contributed by atoms with Crippen LogP contribution in [-0.4, -0.2) is 16.6 Å². The van der Waals surface area contributed by atoms with Crippen molar-refractivity contribution < 1.29 is 5.11 Å². The number of hydrogen-bond acceptors (Lipinski definition) is 4. The van der Waals surface area contributed by atoms with Gasteiger partial charge in [0.15, 0.2) is 0 Å². The standard InChI is InChI=1S/C19H19ClN2OS/c20-14-5-3-4-13(10-14)18(23)17(21-11-12-8-9-12)19-22-15-6-1-2-7-16(15)24-19/h1-7,10,12,17-18,21,23H,8-9,11H2/t17-,18+/m0/s1. The summed E-state index contributed by atoms with van der Waals surface area (Å²) in [6.45, 7) is 0.915. The molecule has 1 fully saturated rings. The van der Waals surface area contributed by atoms with Crippen LogP contribution in [0.3, 0.4) is 0 Å². The first-order valence-electron chi connectivity index (χ1n) is 8.23. The Morgan fingerprint density at radius 2 is 2.04 bits per heavy atom. The van der Waals surface area contributed by atoms with Crippen LogP contribution in [0.15, 0.2) is 48.5 Å². The van der Waals surface area contributed by atoms with Crippen LogP contribution in [0.4, 0.5) is 0 Å². The molecule has 24 heavy (non-hydrogen) atoms. The Morgan fingerprint density at radius 3 is 2.79 bits per heavy atom. The number of fused-ring (bicyclic) bond motifs is 1. The van der Waals surface area contributed by atoms with E-state index < -0.39 is 6.10 Å². The number of benzene rings is 2. The first kappa shape index (κ1) is 16.0. The summed E-state index contributed by atoms with van der Waals surface area (Å²) in [4.78, 5) is 4.74. The van der Waals surface area contributed by atoms with Crippen LogP contribution >= 0.6 is 22.9 Å². The molecule has 0 spiro atoms. The molecule has 2 atom stereocenters. The number of rotatable bonds is 6. The Hall–Kier alpha value is -1.46. The number of nitrogens with zero attached hydrogens (tertiary/aromatic N) is 1. The lowest BCUT2D eigenvalue weighted by molar-refractivity contribution is 0.128. The summed E-state index contributed by atoms with van der Waals surface area (Å²) >= 11 is 7.73. The molecular weight excluding hydrogens is 340 g/mol. The Bertz CT molecular complexity index is 813. The fraction of sp³-hybridized carbons (Fsp3) is 0.316. The van der Waals surface area contributed by atoms with Crippen molar-refractivity contribution in [1.82, 2.24) is 10.3 Å². The number of thiazole rings is 1. The summed E-state index contributed by atoms with van der Waals surface area (Å²) in [5.41, 5.74) is 1.80. The molecule has 0 bridgehead atoms. The van der Waals surface area contributed by atoms with E-state index in [4.69, 9.17) is 16.6 Å². The van der Waals surface area contributed by atoms with Crippen molar-refractivity contribution in [3.8, 4) is 0 Å². The van der Waals surface area contributed by atoms with E-state index >= 15 is 0 Å². The molecule has 1 saturated carbocycles. The normalized spacial score (nSPS) is 17.1. The van der Waals surface area contributed by atoms with Crippen molar-refractivity contribution in [2.24, 2.45) is 5.92 Å². The van der Waals surface area contributed by atoms with Gasteiger partial charge in [-0.2, -0.15) is 0 Å². The number of aliphatic hydroxyl groups excluding tert-OH is 1. The van der Waals surface area contributed by atoms with Gasteiger partial charge in [0.1, 0.15) is 11.1 Å². The van der Waals surface area contributed by atoms with Gasteiger partial charge in [-0.25, -0.2) is 4.98 Å². The topological polar surface area (TPSA) is 45.1 Å². The van der Waals surface area contributed by atoms with E-state index in [0.717, 1.165) is 33.3 Å². The monoisotopic (exact) mass is 358 g/mol. The van der Waals surface area contributed by atoms with Crippen LogP contribution in [0.2, 0.25) is 5.02 Å². The maximum atomic E-state index is 11.0. The predicted molar refractivity (Wildman–Crippen MR) is 99.5 cm³/mol. The lowest BCUT2D eigenvalue weighted by atomic mass is 10.0. The molecule has 3 aromatic rings. The van der Waals surface area contributed by atoms with E-state index in [1.165, 1.54) is 12.8 Å². The fourth-order valence-corrected chi connectivity index (χ4v) is 4.13. The highest BCUT2D eigenvalue weighted by molar-refractivity contribution is 7.18. The van der Waals surface area contributed by atoms with E-state index in [1.54, 1.807) is 11.3 Å². The molecule has 1 aliphatic carbocycles. The van der Waals surface area contributed by atoms with E-state index in [9.17, 15) is 5.11 Å². The van der Waals surface area contributed by atoms with E-state index in [0.29, 0.717) is 5.02 Å². The summed E-state index contributed by atoms with van der Waals surface area (Å²) in [6.07, 6.45) is 1.86. The molecule has 1 aromatic heterocycles. The number of aromatic nitrogens is 1. The van der Waals surface area contributed by atoms with Gasteiger partial charge in [-0.05, 0) is 55.1 Å². The van der Waals surface area contributed by atoms with Gasteiger partial charge >= 0.3 is 0 Å². The molecule has 5 heteroatoms. The molecule has 4 rings (SSSR count). The molecule has 0 radical (unpaired) electrons. The van der Waals surface area contributed by atoms with Crippen molar-refractivity contribution in [1.29, 1.82) is 0 Å². The van der Waals surface area contributed by atoms with Gasteiger partial charge in [0.2, 0.25) is 0 Å². The zero-order valence-electron chi connectivity index (χ0n) is 13.2. The average molecular weight is 359 g/mol. The maximum Gasteiger partial charge on any atom is 0.114 e. The molecule has 0 saturated heterocycles. The van der Waals surface area contributed by atoms with Crippen LogP contribution in [0.1, 0.15) is 35.6 Å². The maximum absolute atomic E-state index is 11.0. The van der Waals surface area contributed by atoms with E-state index in [1.807, 2.05) is 42.5 Å². The molecule has 3 nitrogen and oxygen atoms in total. The van der Waals surface area contributed by atoms with Gasteiger partial charge in [0, 0.05) is 5.02 Å². The number of nitrogens with one attached hydrogen (secondary N) is 1. The van der Waals surface area contributed by atoms with Crippen molar-refractivity contribution in [3.05, 3.63) is 64.1 Å². The van der Waals surface area contributed by atoms with Crippen molar-refractivity contribution in [2.45, 2.75) is 25.0 Å². The SMILES string of the molecule is O[C@H](c1cccc(Cl)c1)[C@H](NCC1CC1)c1nc2ccccc2s1. The van der Waals surface area contributed by atoms with Crippen LogP contribution in [0.5, 0.6) is 0 Å². The summed E-state index contributed by atoms with van der Waals surface area (Å²) in [5.74, 6) is 0.730. The molecule has 0 unspecified atom stereocenters. The summed E-state index contributed by atoms with van der Waals surface area (Å²) in [6, 6.07) is 15.3. The van der Waals surface area contributed by atoms with Crippen LogP contribution < -0.4 is 5.32 Å². The van der Waals surface area contributed by atoms with Crippen LogP contribution in [0.25, 0.3) is 10.2 Å². The molecule has 1 aliphatic rings. The van der Waals surface area contributed by atoms with Gasteiger partial charge in [-0.15, -0.1) is 11.3 Å². The summed E-state index contributed by atoms with van der Waals surface area (Å²) in [7, 11) is 0. The average Bonchev–Trinajstić information content (AvgIpc) is 3.31. The molecular formula is C19H19ClN2OS. The van der Waals surface area contributed by atoms with Gasteiger partial charge in [-0.3, -0.25) is 0 Å². The first-order chi connectivity index (χ1) is 11.7. The second kappa shape index (κ2) is 6.81. The van der Waals surface area contributed by atoms with Gasteiger partial charge in [-0.1, -0.05) is 35.9 Å². The second-order valence-electron chi connectivity index (χ2n) is 6.35. The minimum Gasteiger partial charge on any atom is -0.386 e. The minimum absolute atomic E-state index is 0.221. The van der Waals surface area contributed by atoms with Crippen molar-refractivity contribution in [3.63, 3.8) is 0 Å². The van der Waals surface area contributed by atoms with E-state index in [-0.39, 0.29) is 6.04 Å². The Labute approximate surface area is 150 Å². The smallest absolute Gasteiger partial charge is 0.114 e. The number of para-hydroxylation sites is 1. The van der Waals surface area contributed by atoms with Crippen molar-refractivity contribution in [2.75, 3.05) is 6.54 Å². The molecule has 0 amide bonds. The first-order valence-corrected chi connectivity index (χ1v) is 9.42. The van der Waals surface area contributed by atoms with Gasteiger partial charge in [0.25, 0.3) is 0 Å². The molecule has 2 N–H and O–H groups in total. The third-order valence-corrected chi connectivity index (χ3v) is 5.76. The highest BCUT2D eigenvalue weighted by Crippen LogP contribution is 2.36. The lowest BCUT2D eigenvalue weighted by Gasteiger charge is -2.23. The predicted octanol–water partition coefficient (Wildman–Crippen LogP) is 4.72. The van der Waals surface area contributed by atoms with E-state index in [2.05, 4.69) is 11.4 Å². The summed E-state index contributed by atoms with van der Waals surface area (Å²) in [5, 5.41) is 16.1. The number of halogens is 1. The van der Waals surface area contributed by atoms with Crippen LogP contribution in [0, 0.1) is 5.92 Å². The Morgan fingerprint density at radius 1 is 1.21 bits per heavy atom. The molecule has 0 aliphatic heterocycles. The number of aliphatic hydroxyl groups is 1. The number of hydrogen-bond donors (Lipinski definition) is 2. The minimum atomic E-state index is -0.678. The highest BCUT2D eigenvalue weighted by atomic mass is 35.5. The Balaban J connectivity index is 1.66. The van der Waals surface area contributed by atoms with Crippen LogP contribution in [-0.2, 0) is 0 Å². The van der Waals surface area contributed by atoms with Crippen molar-refractivity contribution >= 4 is 33.2 Å². The zero-order valence-corrected chi connectivity index (χ0v) is 14.7. The molecule has 1 heterocycles. The van der Waals surface area contributed by atoms with Gasteiger partial charge < -0.3 is 10.4 Å². The van der Waals surface area contributed by atoms with Gasteiger partial charge in [0.05, 0.1) is 16.3 Å².